The summed E-state index contributed by atoms with van der Waals surface area (Å²) in [6, 6.07) is 5.89. The molecular formula is C11H6Cl4O4S. The van der Waals surface area contributed by atoms with Crippen LogP contribution >= 0.6 is 46.4 Å². The second-order valence-electron chi connectivity index (χ2n) is 3.72. The van der Waals surface area contributed by atoms with Crippen molar-refractivity contribution in [3.63, 3.8) is 0 Å². The molecule has 0 saturated carbocycles. The number of hydrogen-bond donors (Lipinski definition) is 1. The van der Waals surface area contributed by atoms with Crippen molar-refractivity contribution in [2.45, 2.75) is 9.93 Å². The van der Waals surface area contributed by atoms with E-state index in [-0.39, 0.29) is 26.9 Å². The average Bonchev–Trinajstić information content (AvgIpc) is 2.73. The van der Waals surface area contributed by atoms with Crippen LogP contribution in [0.4, 0.5) is 0 Å². The van der Waals surface area contributed by atoms with Crippen LogP contribution in [0.3, 0.4) is 0 Å². The lowest BCUT2D eigenvalue weighted by atomic mass is 10.1. The van der Waals surface area contributed by atoms with Crippen LogP contribution in [-0.4, -0.2) is 13.0 Å². The molecule has 4 nitrogen and oxygen atoms in total. The molecule has 20 heavy (non-hydrogen) atoms. The van der Waals surface area contributed by atoms with Gasteiger partial charge in [-0.3, -0.25) is 4.55 Å². The van der Waals surface area contributed by atoms with Gasteiger partial charge in [-0.05, 0) is 18.2 Å². The van der Waals surface area contributed by atoms with E-state index in [1.165, 1.54) is 18.2 Å². The van der Waals surface area contributed by atoms with Crippen molar-refractivity contribution in [1.29, 1.82) is 0 Å². The molecule has 2 rings (SSSR count). The van der Waals surface area contributed by atoms with Gasteiger partial charge in [-0.2, -0.15) is 8.42 Å². The third kappa shape index (κ3) is 3.08. The molecule has 2 aromatic rings. The highest BCUT2D eigenvalue weighted by atomic mass is 35.5. The number of rotatable bonds is 3. The summed E-state index contributed by atoms with van der Waals surface area (Å²) in [6.45, 7) is 0. The van der Waals surface area contributed by atoms with Gasteiger partial charge in [0.2, 0.25) is 0 Å². The molecule has 0 aliphatic rings. The maximum Gasteiger partial charge on any atom is 0.328 e. The number of halogens is 4. The van der Waals surface area contributed by atoms with E-state index in [2.05, 4.69) is 0 Å². The van der Waals surface area contributed by atoms with Gasteiger partial charge in [0.15, 0.2) is 4.84 Å². The van der Waals surface area contributed by atoms with E-state index in [4.69, 9.17) is 50.8 Å². The smallest absolute Gasteiger partial charge is 0.328 e. The zero-order valence-electron chi connectivity index (χ0n) is 9.48. The Morgan fingerprint density at radius 3 is 2.15 bits per heavy atom. The van der Waals surface area contributed by atoms with E-state index in [1.54, 1.807) is 6.07 Å². The van der Waals surface area contributed by atoms with Crippen LogP contribution in [0.2, 0.25) is 10.0 Å². The molecule has 0 fully saturated rings. The molecule has 0 saturated heterocycles. The van der Waals surface area contributed by atoms with Crippen molar-refractivity contribution >= 4 is 56.5 Å². The van der Waals surface area contributed by atoms with Gasteiger partial charge in [0.05, 0.1) is 10.0 Å². The molecule has 9 heteroatoms. The van der Waals surface area contributed by atoms with Gasteiger partial charge < -0.3 is 4.42 Å². The summed E-state index contributed by atoms with van der Waals surface area (Å²) >= 11 is 23.3. The molecule has 0 radical (unpaired) electrons. The Balaban J connectivity index is 2.80. The Bertz CT molecular complexity index is 732. The van der Waals surface area contributed by atoms with Gasteiger partial charge in [0, 0.05) is 11.1 Å². The van der Waals surface area contributed by atoms with Gasteiger partial charge >= 0.3 is 10.1 Å². The number of furan rings is 1. The quantitative estimate of drug-likeness (QED) is 0.606. The summed E-state index contributed by atoms with van der Waals surface area (Å²) in [5.74, 6) is -0.0491. The molecule has 1 heterocycles. The van der Waals surface area contributed by atoms with Crippen LogP contribution < -0.4 is 0 Å². The third-order valence-corrected chi connectivity index (χ3v) is 4.23. The topological polar surface area (TPSA) is 67.5 Å². The van der Waals surface area contributed by atoms with Gasteiger partial charge in [-0.1, -0.05) is 52.5 Å². The first-order valence-corrected chi connectivity index (χ1v) is 8.12. The van der Waals surface area contributed by atoms with Crippen molar-refractivity contribution in [2.24, 2.45) is 0 Å². The summed E-state index contributed by atoms with van der Waals surface area (Å²) in [6.07, 6.45) is 0. The molecule has 108 valence electrons. The maximum atomic E-state index is 11.4. The minimum absolute atomic E-state index is 0.00981. The monoisotopic (exact) mass is 374 g/mol. The molecule has 0 amide bonds. The Labute approximate surface area is 134 Å². The van der Waals surface area contributed by atoms with Crippen molar-refractivity contribution < 1.29 is 17.4 Å². The van der Waals surface area contributed by atoms with Crippen LogP contribution in [0, 0.1) is 0 Å². The van der Waals surface area contributed by atoms with Gasteiger partial charge in [0.25, 0.3) is 5.09 Å². The van der Waals surface area contributed by atoms with Crippen LogP contribution in [0.25, 0.3) is 11.1 Å². The number of benzene rings is 1. The van der Waals surface area contributed by atoms with Crippen LogP contribution in [-0.2, 0) is 10.1 Å². The van der Waals surface area contributed by atoms with E-state index >= 15 is 0 Å². The highest BCUT2D eigenvalue weighted by Crippen LogP contribution is 2.42. The molecule has 0 atom stereocenters. The molecule has 1 N–H and O–H groups in total. The molecule has 0 aliphatic carbocycles. The third-order valence-electron chi connectivity index (χ3n) is 2.40. The summed E-state index contributed by atoms with van der Waals surface area (Å²) < 4.78 is 37.0. The van der Waals surface area contributed by atoms with Crippen LogP contribution in [0.15, 0.2) is 33.8 Å². The molecule has 0 spiro atoms. The molecule has 0 aliphatic heterocycles. The first-order valence-electron chi connectivity index (χ1n) is 5.05. The minimum atomic E-state index is -4.63. The average molecular weight is 376 g/mol. The van der Waals surface area contributed by atoms with Gasteiger partial charge in [-0.15, -0.1) is 0 Å². The van der Waals surface area contributed by atoms with Crippen molar-refractivity contribution in [2.75, 3.05) is 0 Å². The fourth-order valence-electron chi connectivity index (χ4n) is 1.62. The first kappa shape index (κ1) is 15.9. The molecule has 0 unspecified atom stereocenters. The van der Waals surface area contributed by atoms with Crippen LogP contribution in [0.5, 0.6) is 0 Å². The van der Waals surface area contributed by atoms with E-state index in [0.29, 0.717) is 0 Å². The number of alkyl halides is 2. The maximum absolute atomic E-state index is 11.4. The highest BCUT2D eigenvalue weighted by molar-refractivity contribution is 7.85. The van der Waals surface area contributed by atoms with Gasteiger partial charge in [-0.25, -0.2) is 0 Å². The van der Waals surface area contributed by atoms with Crippen LogP contribution in [0.1, 0.15) is 10.6 Å². The summed E-state index contributed by atoms with van der Waals surface area (Å²) in [4.78, 5) is -1.11. The summed E-state index contributed by atoms with van der Waals surface area (Å²) in [7, 11) is -4.63. The Morgan fingerprint density at radius 2 is 1.70 bits per heavy atom. The Morgan fingerprint density at radius 1 is 1.15 bits per heavy atom. The largest absolute Gasteiger partial charge is 0.444 e. The zero-order chi connectivity index (χ0) is 15.1. The predicted octanol–water partition coefficient (Wildman–Crippen LogP) is 4.98. The highest BCUT2D eigenvalue weighted by Gasteiger charge is 2.27. The van der Waals surface area contributed by atoms with E-state index in [1.807, 2.05) is 0 Å². The van der Waals surface area contributed by atoms with E-state index < -0.39 is 20.0 Å². The fraction of sp³-hybridized carbons (Fsp3) is 0.0909. The Hall–Kier alpha value is -0.430. The fourth-order valence-corrected chi connectivity index (χ4v) is 3.08. The zero-order valence-corrected chi connectivity index (χ0v) is 13.3. The van der Waals surface area contributed by atoms with E-state index in [0.717, 1.165) is 0 Å². The molecule has 1 aromatic carbocycles. The lowest BCUT2D eigenvalue weighted by Crippen LogP contribution is -1.98. The molecule has 1 aromatic heterocycles. The van der Waals surface area contributed by atoms with E-state index in [9.17, 15) is 13.0 Å². The van der Waals surface area contributed by atoms with Gasteiger partial charge in [0.1, 0.15) is 5.76 Å². The lowest BCUT2D eigenvalue weighted by Gasteiger charge is -2.05. The first-order chi connectivity index (χ1) is 9.21. The van der Waals surface area contributed by atoms with Crippen molar-refractivity contribution in [1.82, 2.24) is 0 Å². The summed E-state index contributed by atoms with van der Waals surface area (Å²) in [5.41, 5.74) is 0.192. The summed E-state index contributed by atoms with van der Waals surface area (Å²) in [5, 5.41) is -0.334. The predicted molar refractivity (Wildman–Crippen MR) is 78.4 cm³/mol. The van der Waals surface area contributed by atoms with Crippen molar-refractivity contribution in [3.05, 3.63) is 40.1 Å². The normalized spacial score (nSPS) is 12.1. The minimum Gasteiger partial charge on any atom is -0.444 e. The second kappa shape index (κ2) is 5.75. The molecule has 0 bridgehead atoms. The molecular weight excluding hydrogens is 370 g/mol. The SMILES string of the molecule is O=S(=O)(O)c1oc(C(Cl)Cl)cc1-c1c(Cl)cccc1Cl. The number of hydrogen-bond acceptors (Lipinski definition) is 3. The Kier molecular flexibility index (Phi) is 4.59. The van der Waals surface area contributed by atoms with Crippen molar-refractivity contribution in [3.8, 4) is 11.1 Å². The lowest BCUT2D eigenvalue weighted by molar-refractivity contribution is 0.392. The standard InChI is InChI=1S/C11H6Cl4O4S/c12-6-2-1-3-7(13)9(6)5-4-8(10(14)15)19-11(5)20(16,17)18/h1-4,10H,(H,16,17,18). The second-order valence-corrected chi connectivity index (χ2v) is 6.95.